The molecule has 0 amide bonds. The van der Waals surface area contributed by atoms with Crippen LogP contribution in [-0.2, 0) is 0 Å². The summed E-state index contributed by atoms with van der Waals surface area (Å²) in [7, 11) is 0. The van der Waals surface area contributed by atoms with Gasteiger partial charge in [-0.3, -0.25) is 9.97 Å². The Morgan fingerprint density at radius 3 is 2.04 bits per heavy atom. The fourth-order valence-corrected chi connectivity index (χ4v) is 7.15. The van der Waals surface area contributed by atoms with Crippen molar-refractivity contribution >= 4 is 65.2 Å². The lowest BCUT2D eigenvalue weighted by atomic mass is 9.91. The molecule has 0 unspecified atom stereocenters. The standard InChI is InChI=1S/C44H26N4/c1-2-8-38-35(7-1)42(36-20-16-29-6-5-23-46-43(29)44(36)48-38)33-15-11-27-10-14-32-24-30(17-19-34(32)37(27)25-33)31-13-12-28-18-21-40(47-41(28)26-31)39-9-3-4-22-45-39/h1-26H. The smallest absolute Gasteiger partial charge is 0.0978 e. The third kappa shape index (κ3) is 4.24. The average Bonchev–Trinajstić information content (AvgIpc) is 3.16. The van der Waals surface area contributed by atoms with E-state index in [9.17, 15) is 0 Å². The van der Waals surface area contributed by atoms with Crippen molar-refractivity contribution in [1.29, 1.82) is 0 Å². The first-order valence-corrected chi connectivity index (χ1v) is 16.1. The number of benzene rings is 6. The summed E-state index contributed by atoms with van der Waals surface area (Å²) in [5.41, 5.74) is 10.2. The number of pyridine rings is 4. The van der Waals surface area contributed by atoms with Crippen LogP contribution < -0.4 is 0 Å². The highest BCUT2D eigenvalue weighted by Gasteiger charge is 2.15. The van der Waals surface area contributed by atoms with Gasteiger partial charge >= 0.3 is 0 Å². The van der Waals surface area contributed by atoms with E-state index in [0.29, 0.717) is 0 Å². The Morgan fingerprint density at radius 2 is 1.08 bits per heavy atom. The Balaban J connectivity index is 1.13. The second-order valence-electron chi connectivity index (χ2n) is 12.3. The van der Waals surface area contributed by atoms with Crippen LogP contribution in [0.25, 0.3) is 98.8 Å². The van der Waals surface area contributed by atoms with E-state index in [1.165, 1.54) is 32.7 Å². The van der Waals surface area contributed by atoms with Gasteiger partial charge in [0.25, 0.3) is 0 Å². The molecule has 0 saturated heterocycles. The molecule has 4 heterocycles. The zero-order valence-corrected chi connectivity index (χ0v) is 25.8. The van der Waals surface area contributed by atoms with Gasteiger partial charge in [0.1, 0.15) is 0 Å². The Bertz CT molecular complexity index is 2900. The maximum absolute atomic E-state index is 5.11. The summed E-state index contributed by atoms with van der Waals surface area (Å²) in [6.07, 6.45) is 3.66. The van der Waals surface area contributed by atoms with Crippen molar-refractivity contribution in [2.24, 2.45) is 0 Å². The van der Waals surface area contributed by atoms with Crippen LogP contribution in [0.5, 0.6) is 0 Å². The summed E-state index contributed by atoms with van der Waals surface area (Å²) in [5.74, 6) is 0. The SMILES string of the molecule is c1ccc(-c2ccc3ccc(-c4ccc5c(ccc6ccc(-c7c8ccccc8nc8c7ccc7cccnc78)cc65)c4)cc3n2)nc1. The maximum Gasteiger partial charge on any atom is 0.0978 e. The molecular formula is C44H26N4. The van der Waals surface area contributed by atoms with E-state index in [1.54, 1.807) is 6.20 Å². The molecule has 10 rings (SSSR count). The number of hydrogen-bond donors (Lipinski definition) is 0. The van der Waals surface area contributed by atoms with E-state index in [2.05, 4.69) is 120 Å². The number of hydrogen-bond acceptors (Lipinski definition) is 4. The first-order valence-electron chi connectivity index (χ1n) is 16.1. The summed E-state index contributed by atoms with van der Waals surface area (Å²) in [6, 6.07) is 51.5. The van der Waals surface area contributed by atoms with Crippen LogP contribution in [0.2, 0.25) is 0 Å². The lowest BCUT2D eigenvalue weighted by Crippen LogP contribution is -1.92. The van der Waals surface area contributed by atoms with Gasteiger partial charge < -0.3 is 0 Å². The summed E-state index contributed by atoms with van der Waals surface area (Å²) < 4.78 is 0. The third-order valence-electron chi connectivity index (χ3n) is 9.50. The second-order valence-corrected chi connectivity index (χ2v) is 12.3. The Hall–Kier alpha value is -6.52. The molecule has 0 spiro atoms. The summed E-state index contributed by atoms with van der Waals surface area (Å²) in [4.78, 5) is 19.3. The molecule has 0 radical (unpaired) electrons. The van der Waals surface area contributed by atoms with E-state index in [1.807, 2.05) is 36.5 Å². The lowest BCUT2D eigenvalue weighted by molar-refractivity contribution is 1.28. The number of nitrogens with zero attached hydrogens (tertiary/aromatic N) is 4. The van der Waals surface area contributed by atoms with Crippen molar-refractivity contribution in [2.75, 3.05) is 0 Å². The van der Waals surface area contributed by atoms with Gasteiger partial charge in [-0.15, -0.1) is 0 Å². The topological polar surface area (TPSA) is 51.6 Å². The van der Waals surface area contributed by atoms with Crippen LogP contribution in [0.3, 0.4) is 0 Å². The molecule has 0 saturated carbocycles. The first kappa shape index (κ1) is 26.7. The van der Waals surface area contributed by atoms with Crippen LogP contribution in [0, 0.1) is 0 Å². The van der Waals surface area contributed by atoms with Crippen molar-refractivity contribution in [1.82, 2.24) is 19.9 Å². The van der Waals surface area contributed by atoms with Crippen molar-refractivity contribution in [3.8, 4) is 33.6 Å². The van der Waals surface area contributed by atoms with Crippen molar-refractivity contribution in [2.45, 2.75) is 0 Å². The van der Waals surface area contributed by atoms with Crippen molar-refractivity contribution in [3.05, 3.63) is 158 Å². The van der Waals surface area contributed by atoms with E-state index in [4.69, 9.17) is 15.0 Å². The molecule has 222 valence electrons. The molecule has 10 aromatic rings. The number of aromatic nitrogens is 4. The molecule has 0 aliphatic heterocycles. The quantitative estimate of drug-likeness (QED) is 0.147. The molecule has 0 bridgehead atoms. The predicted molar refractivity (Wildman–Crippen MR) is 199 cm³/mol. The maximum atomic E-state index is 5.11. The van der Waals surface area contributed by atoms with Gasteiger partial charge in [0.15, 0.2) is 0 Å². The summed E-state index contributed by atoms with van der Waals surface area (Å²) in [5, 5.41) is 9.32. The van der Waals surface area contributed by atoms with E-state index in [-0.39, 0.29) is 0 Å². The Kier molecular flexibility index (Phi) is 5.84. The first-order chi connectivity index (χ1) is 23.8. The van der Waals surface area contributed by atoms with Gasteiger partial charge in [-0.1, -0.05) is 97.1 Å². The van der Waals surface area contributed by atoms with Gasteiger partial charge in [0.2, 0.25) is 0 Å². The average molecular weight is 611 g/mol. The molecule has 6 aromatic carbocycles. The molecule has 0 N–H and O–H groups in total. The predicted octanol–water partition coefficient (Wildman–Crippen LogP) is 11.2. The van der Waals surface area contributed by atoms with Crippen molar-refractivity contribution in [3.63, 3.8) is 0 Å². The molecular weight excluding hydrogens is 585 g/mol. The number of fused-ring (bicyclic) bond motifs is 8. The fraction of sp³-hybridized carbons (Fsp3) is 0. The van der Waals surface area contributed by atoms with E-state index < -0.39 is 0 Å². The zero-order chi connectivity index (χ0) is 31.6. The van der Waals surface area contributed by atoms with E-state index in [0.717, 1.165) is 66.1 Å². The van der Waals surface area contributed by atoms with Gasteiger partial charge in [-0.25, -0.2) is 9.97 Å². The minimum atomic E-state index is 0.875. The molecule has 0 aliphatic carbocycles. The summed E-state index contributed by atoms with van der Waals surface area (Å²) in [6.45, 7) is 0. The fourth-order valence-electron chi connectivity index (χ4n) is 7.15. The van der Waals surface area contributed by atoms with Crippen molar-refractivity contribution < 1.29 is 0 Å². The minimum Gasteiger partial charge on any atom is -0.255 e. The van der Waals surface area contributed by atoms with Gasteiger partial charge in [-0.2, -0.15) is 0 Å². The van der Waals surface area contributed by atoms with Crippen LogP contribution >= 0.6 is 0 Å². The van der Waals surface area contributed by atoms with Crippen LogP contribution in [0.4, 0.5) is 0 Å². The van der Waals surface area contributed by atoms with E-state index >= 15 is 0 Å². The zero-order valence-electron chi connectivity index (χ0n) is 25.8. The van der Waals surface area contributed by atoms with Crippen LogP contribution in [0.15, 0.2) is 158 Å². The second kappa shape index (κ2) is 10.5. The molecule has 4 aromatic heterocycles. The molecule has 0 fully saturated rings. The van der Waals surface area contributed by atoms with Crippen LogP contribution in [-0.4, -0.2) is 19.9 Å². The lowest BCUT2D eigenvalue weighted by Gasteiger charge is -2.14. The molecule has 48 heavy (non-hydrogen) atoms. The highest BCUT2D eigenvalue weighted by molar-refractivity contribution is 6.17. The van der Waals surface area contributed by atoms with Gasteiger partial charge in [-0.05, 0) is 86.8 Å². The normalized spacial score (nSPS) is 11.8. The molecule has 4 heteroatoms. The Labute approximate surface area is 276 Å². The van der Waals surface area contributed by atoms with Gasteiger partial charge in [0.05, 0.1) is 33.5 Å². The van der Waals surface area contributed by atoms with Crippen LogP contribution in [0.1, 0.15) is 0 Å². The molecule has 4 nitrogen and oxygen atoms in total. The largest absolute Gasteiger partial charge is 0.255 e. The number of para-hydroxylation sites is 1. The highest BCUT2D eigenvalue weighted by Crippen LogP contribution is 2.39. The van der Waals surface area contributed by atoms with Gasteiger partial charge in [0, 0.05) is 39.5 Å². The molecule has 0 aliphatic rings. The number of rotatable bonds is 3. The Morgan fingerprint density at radius 1 is 0.333 bits per heavy atom. The minimum absolute atomic E-state index is 0.875. The molecule has 0 atom stereocenters. The third-order valence-corrected chi connectivity index (χ3v) is 9.50. The monoisotopic (exact) mass is 610 g/mol. The summed E-state index contributed by atoms with van der Waals surface area (Å²) >= 11 is 0. The highest BCUT2D eigenvalue weighted by atomic mass is 14.8.